The number of rotatable bonds is 3. The van der Waals surface area contributed by atoms with Gasteiger partial charge in [0.1, 0.15) is 6.33 Å². The van der Waals surface area contributed by atoms with E-state index >= 15 is 0 Å². The summed E-state index contributed by atoms with van der Waals surface area (Å²) in [4.78, 5) is 22.9. The minimum Gasteiger partial charge on any atom is -0.454 e. The van der Waals surface area contributed by atoms with Gasteiger partial charge in [-0.25, -0.2) is 14.6 Å². The molecular formula is C16H15N7O3. The van der Waals surface area contributed by atoms with Crippen LogP contribution in [0.5, 0.6) is 11.5 Å². The van der Waals surface area contributed by atoms with Crippen molar-refractivity contribution in [3.8, 4) is 11.5 Å². The molecule has 10 nitrogen and oxygen atoms in total. The third-order valence-corrected chi connectivity index (χ3v) is 4.56. The predicted molar refractivity (Wildman–Crippen MR) is 91.0 cm³/mol. The van der Waals surface area contributed by atoms with Gasteiger partial charge >= 0.3 is 0 Å². The number of nitrogens with one attached hydrogen (secondary N) is 1. The molecule has 0 unspecified atom stereocenters. The first-order valence-corrected chi connectivity index (χ1v) is 8.15. The SMILES string of the molecule is Cn1nnc2c(N3CC(C(=O)Nc4ccc5c(c4)OCO5)C3)ncnc21. The fraction of sp³-hybridized carbons (Fsp3) is 0.312. The van der Waals surface area contributed by atoms with Crippen molar-refractivity contribution in [3.63, 3.8) is 0 Å². The maximum atomic E-state index is 12.5. The van der Waals surface area contributed by atoms with E-state index in [4.69, 9.17) is 9.47 Å². The highest BCUT2D eigenvalue weighted by atomic mass is 16.7. The van der Waals surface area contributed by atoms with Crippen LogP contribution in [0.1, 0.15) is 0 Å². The Hall–Kier alpha value is -3.43. The smallest absolute Gasteiger partial charge is 0.231 e. The van der Waals surface area contributed by atoms with Crippen molar-refractivity contribution in [3.05, 3.63) is 24.5 Å². The van der Waals surface area contributed by atoms with Crippen LogP contribution in [-0.4, -0.2) is 50.8 Å². The average Bonchev–Trinajstić information content (AvgIpc) is 3.20. The summed E-state index contributed by atoms with van der Waals surface area (Å²) in [6.45, 7) is 1.35. The van der Waals surface area contributed by atoms with Crippen molar-refractivity contribution in [1.82, 2.24) is 25.0 Å². The monoisotopic (exact) mass is 353 g/mol. The lowest BCUT2D eigenvalue weighted by molar-refractivity contribution is -0.120. The van der Waals surface area contributed by atoms with Crippen molar-refractivity contribution < 1.29 is 14.3 Å². The molecule has 4 heterocycles. The minimum atomic E-state index is -0.123. The quantitative estimate of drug-likeness (QED) is 0.728. The molecular weight excluding hydrogens is 338 g/mol. The van der Waals surface area contributed by atoms with Crippen LogP contribution in [0.25, 0.3) is 11.2 Å². The van der Waals surface area contributed by atoms with E-state index < -0.39 is 0 Å². The molecule has 2 aliphatic heterocycles. The summed E-state index contributed by atoms with van der Waals surface area (Å²) in [6.07, 6.45) is 1.49. The van der Waals surface area contributed by atoms with E-state index in [1.807, 2.05) is 4.90 Å². The summed E-state index contributed by atoms with van der Waals surface area (Å²) in [7, 11) is 1.78. The molecule has 1 saturated heterocycles. The summed E-state index contributed by atoms with van der Waals surface area (Å²) in [5.41, 5.74) is 2.00. The first kappa shape index (κ1) is 14.9. The lowest BCUT2D eigenvalue weighted by Gasteiger charge is -2.38. The zero-order valence-electron chi connectivity index (χ0n) is 13.9. The molecule has 1 fully saturated rings. The molecule has 0 radical (unpaired) electrons. The molecule has 1 amide bonds. The molecule has 0 saturated carbocycles. The predicted octanol–water partition coefficient (Wildman–Crippen LogP) is 0.562. The number of amides is 1. The van der Waals surface area contributed by atoms with Crippen molar-refractivity contribution in [1.29, 1.82) is 0 Å². The lowest BCUT2D eigenvalue weighted by Crippen LogP contribution is -2.52. The van der Waals surface area contributed by atoms with Crippen molar-refractivity contribution in [2.75, 3.05) is 30.1 Å². The summed E-state index contributed by atoms with van der Waals surface area (Å²) >= 11 is 0. The Morgan fingerprint density at radius 2 is 2.08 bits per heavy atom. The van der Waals surface area contributed by atoms with Gasteiger partial charge in [0.15, 0.2) is 28.5 Å². The van der Waals surface area contributed by atoms with E-state index in [9.17, 15) is 4.79 Å². The number of hydrogen-bond acceptors (Lipinski definition) is 8. The van der Waals surface area contributed by atoms with Crippen LogP contribution in [0.3, 0.4) is 0 Å². The first-order valence-electron chi connectivity index (χ1n) is 8.15. The number of anilines is 2. The van der Waals surface area contributed by atoms with Gasteiger partial charge in [0, 0.05) is 31.9 Å². The standard InChI is InChI=1S/C16H15N7O3/c1-22-14-13(20-21-22)15(18-7-17-14)23-5-9(6-23)16(24)19-10-2-3-11-12(4-10)26-8-25-11/h2-4,7,9H,5-6,8H2,1H3,(H,19,24). The van der Waals surface area contributed by atoms with E-state index in [1.54, 1.807) is 29.9 Å². The van der Waals surface area contributed by atoms with Gasteiger partial charge in [-0.1, -0.05) is 5.21 Å². The Morgan fingerprint density at radius 1 is 1.23 bits per heavy atom. The highest BCUT2D eigenvalue weighted by Crippen LogP contribution is 2.34. The van der Waals surface area contributed by atoms with Crippen LogP contribution >= 0.6 is 0 Å². The van der Waals surface area contributed by atoms with Crippen LogP contribution in [-0.2, 0) is 11.8 Å². The molecule has 1 aromatic carbocycles. The zero-order chi connectivity index (χ0) is 17.7. The molecule has 26 heavy (non-hydrogen) atoms. The third kappa shape index (κ3) is 2.30. The molecule has 2 aromatic heterocycles. The molecule has 0 bridgehead atoms. The van der Waals surface area contributed by atoms with E-state index in [0.29, 0.717) is 47.3 Å². The van der Waals surface area contributed by atoms with Gasteiger partial charge in [0.2, 0.25) is 12.7 Å². The van der Waals surface area contributed by atoms with E-state index in [-0.39, 0.29) is 18.6 Å². The number of aryl methyl sites for hydroxylation is 1. The molecule has 2 aliphatic rings. The number of carbonyl (C=O) groups is 1. The van der Waals surface area contributed by atoms with E-state index in [0.717, 1.165) is 0 Å². The number of benzene rings is 1. The second-order valence-corrected chi connectivity index (χ2v) is 6.24. The van der Waals surface area contributed by atoms with Gasteiger partial charge in [0.25, 0.3) is 0 Å². The Labute approximate surface area is 147 Å². The van der Waals surface area contributed by atoms with Crippen LogP contribution < -0.4 is 19.7 Å². The summed E-state index contributed by atoms with van der Waals surface area (Å²) in [6, 6.07) is 5.36. The van der Waals surface area contributed by atoms with Crippen molar-refractivity contribution in [2.24, 2.45) is 13.0 Å². The third-order valence-electron chi connectivity index (χ3n) is 4.56. The fourth-order valence-electron chi connectivity index (χ4n) is 3.11. The second kappa shape index (κ2) is 5.55. The number of aromatic nitrogens is 5. The van der Waals surface area contributed by atoms with Gasteiger partial charge in [0.05, 0.1) is 5.92 Å². The van der Waals surface area contributed by atoms with E-state index in [2.05, 4.69) is 25.6 Å². The van der Waals surface area contributed by atoms with Gasteiger partial charge in [-0.05, 0) is 12.1 Å². The van der Waals surface area contributed by atoms with Crippen molar-refractivity contribution in [2.45, 2.75) is 0 Å². The zero-order valence-corrected chi connectivity index (χ0v) is 13.9. The van der Waals surface area contributed by atoms with Crippen LogP contribution in [0, 0.1) is 5.92 Å². The average molecular weight is 353 g/mol. The normalized spacial score (nSPS) is 16.0. The molecule has 0 aliphatic carbocycles. The highest BCUT2D eigenvalue weighted by molar-refractivity contribution is 5.95. The second-order valence-electron chi connectivity index (χ2n) is 6.24. The molecule has 132 valence electrons. The summed E-state index contributed by atoms with van der Waals surface area (Å²) < 4.78 is 12.2. The van der Waals surface area contributed by atoms with Crippen molar-refractivity contribution >= 4 is 28.6 Å². The summed E-state index contributed by atoms with van der Waals surface area (Å²) in [5, 5.41) is 11.0. The van der Waals surface area contributed by atoms with Crippen LogP contribution in [0.2, 0.25) is 0 Å². The van der Waals surface area contributed by atoms with Crippen LogP contribution in [0.4, 0.5) is 11.5 Å². The largest absolute Gasteiger partial charge is 0.454 e. The number of fused-ring (bicyclic) bond motifs is 2. The number of hydrogen-bond donors (Lipinski definition) is 1. The van der Waals surface area contributed by atoms with Gasteiger partial charge in [-0.2, -0.15) is 0 Å². The Bertz CT molecular complexity index is 1010. The molecule has 3 aromatic rings. The molecule has 5 rings (SSSR count). The van der Waals surface area contributed by atoms with Gasteiger partial charge < -0.3 is 19.7 Å². The summed E-state index contributed by atoms with van der Waals surface area (Å²) in [5.74, 6) is 1.88. The molecule has 0 spiro atoms. The number of ether oxygens (including phenoxy) is 2. The lowest BCUT2D eigenvalue weighted by atomic mass is 9.99. The van der Waals surface area contributed by atoms with Gasteiger partial charge in [-0.15, -0.1) is 5.10 Å². The molecule has 0 atom stereocenters. The Balaban J connectivity index is 1.27. The van der Waals surface area contributed by atoms with Gasteiger partial charge in [-0.3, -0.25) is 4.79 Å². The molecule has 1 N–H and O–H groups in total. The first-order chi connectivity index (χ1) is 12.7. The highest BCUT2D eigenvalue weighted by Gasteiger charge is 2.35. The Kier molecular flexibility index (Phi) is 3.17. The van der Waals surface area contributed by atoms with E-state index in [1.165, 1.54) is 6.33 Å². The Morgan fingerprint density at radius 3 is 2.96 bits per heavy atom. The van der Waals surface area contributed by atoms with Crippen LogP contribution in [0.15, 0.2) is 24.5 Å². The maximum absolute atomic E-state index is 12.5. The maximum Gasteiger partial charge on any atom is 0.231 e. The topological polar surface area (TPSA) is 107 Å². The molecule has 10 heteroatoms. The fourth-order valence-corrected chi connectivity index (χ4v) is 3.11. The number of carbonyl (C=O) groups excluding carboxylic acids is 1. The number of nitrogens with zero attached hydrogens (tertiary/aromatic N) is 6. The minimum absolute atomic E-state index is 0.0374.